The molecule has 1 aromatic carbocycles. The van der Waals surface area contributed by atoms with E-state index >= 15 is 0 Å². The van der Waals surface area contributed by atoms with Crippen molar-refractivity contribution in [3.05, 3.63) is 56.6 Å². The maximum absolute atomic E-state index is 13.7. The average molecular weight is 460 g/mol. The number of hydrogen-bond donors (Lipinski definition) is 1. The summed E-state index contributed by atoms with van der Waals surface area (Å²) in [6, 6.07) is 10.3. The number of hydrogen-bond acceptors (Lipinski definition) is 7. The number of ketones is 1. The van der Waals surface area contributed by atoms with E-state index < -0.39 is 17.7 Å². The van der Waals surface area contributed by atoms with Gasteiger partial charge in [-0.3, -0.25) is 19.0 Å². The number of Topliss-reactive ketones (excluding diaryl/α,β-unsaturated/α-hetero) is 1. The molecular formula is C24H25N7O3. The third-order valence-electron chi connectivity index (χ3n) is 5.88. The first-order valence-electron chi connectivity index (χ1n) is 11.1. The molecule has 1 saturated heterocycles. The number of aromatic nitrogens is 4. The van der Waals surface area contributed by atoms with Crippen LogP contribution < -0.4 is 21.8 Å². The van der Waals surface area contributed by atoms with Crippen LogP contribution in [0.15, 0.2) is 39.9 Å². The quantitative estimate of drug-likeness (QED) is 0.424. The molecule has 3 aromatic rings. The Hall–Kier alpha value is -4.15. The molecule has 1 unspecified atom stereocenters. The van der Waals surface area contributed by atoms with Crippen LogP contribution >= 0.6 is 0 Å². The Kier molecular flexibility index (Phi) is 6.62. The van der Waals surface area contributed by atoms with Gasteiger partial charge in [0.05, 0.1) is 12.6 Å². The first-order chi connectivity index (χ1) is 16.5. The maximum atomic E-state index is 13.7. The van der Waals surface area contributed by atoms with Crippen LogP contribution in [0.1, 0.15) is 30.1 Å². The molecule has 2 N–H and O–H groups in total. The van der Waals surface area contributed by atoms with E-state index in [1.807, 2.05) is 11.0 Å². The van der Waals surface area contributed by atoms with Gasteiger partial charge in [0.15, 0.2) is 11.3 Å². The molecule has 0 aliphatic carbocycles. The van der Waals surface area contributed by atoms with E-state index in [-0.39, 0.29) is 35.9 Å². The first kappa shape index (κ1) is 23.0. The Morgan fingerprint density at radius 1 is 1.18 bits per heavy atom. The second-order valence-corrected chi connectivity index (χ2v) is 8.14. The summed E-state index contributed by atoms with van der Waals surface area (Å²) in [5.41, 5.74) is 5.39. The van der Waals surface area contributed by atoms with Crippen LogP contribution in [0.3, 0.4) is 0 Å². The molecular weight excluding hydrogens is 434 g/mol. The van der Waals surface area contributed by atoms with Crippen molar-refractivity contribution in [3.63, 3.8) is 0 Å². The van der Waals surface area contributed by atoms with Crippen LogP contribution in [0.25, 0.3) is 11.0 Å². The van der Waals surface area contributed by atoms with Crippen LogP contribution in [0.5, 0.6) is 0 Å². The van der Waals surface area contributed by atoms with Crippen LogP contribution in [-0.2, 0) is 19.6 Å². The highest BCUT2D eigenvalue weighted by molar-refractivity contribution is 5.95. The predicted molar refractivity (Wildman–Crippen MR) is 128 cm³/mol. The number of carbonyl (C=O) groups is 1. The number of rotatable bonds is 6. The largest absolute Gasteiger partial charge is 0.341 e. The molecule has 1 aliphatic heterocycles. The van der Waals surface area contributed by atoms with Crippen molar-refractivity contribution in [1.29, 1.82) is 5.26 Å². The van der Waals surface area contributed by atoms with Crippen molar-refractivity contribution in [2.24, 2.45) is 5.73 Å². The lowest BCUT2D eigenvalue weighted by atomic mass is 10.1. The molecule has 0 saturated carbocycles. The lowest BCUT2D eigenvalue weighted by Gasteiger charge is -2.31. The highest BCUT2D eigenvalue weighted by Crippen LogP contribution is 2.22. The SMILES string of the molecule is CC#CCn1c(N2CCCC(N)C2)nc2c(=O)n(CC#N)n(CC(=O)c3ccccc3)c(=O)c21. The number of nitriles is 1. The molecule has 10 nitrogen and oxygen atoms in total. The summed E-state index contributed by atoms with van der Waals surface area (Å²) in [6.45, 7) is 2.28. The number of imidazole rings is 1. The molecule has 34 heavy (non-hydrogen) atoms. The van der Waals surface area contributed by atoms with Gasteiger partial charge in [-0.05, 0) is 19.8 Å². The highest BCUT2D eigenvalue weighted by atomic mass is 16.2. The molecule has 1 aliphatic rings. The number of nitrogens with zero attached hydrogens (tertiary/aromatic N) is 6. The Morgan fingerprint density at radius 2 is 1.94 bits per heavy atom. The van der Waals surface area contributed by atoms with Gasteiger partial charge in [0.2, 0.25) is 5.95 Å². The zero-order chi connectivity index (χ0) is 24.2. The molecule has 2 aromatic heterocycles. The molecule has 0 spiro atoms. The van der Waals surface area contributed by atoms with E-state index in [2.05, 4.69) is 16.8 Å². The lowest BCUT2D eigenvalue weighted by molar-refractivity contribution is 0.0959. The summed E-state index contributed by atoms with van der Waals surface area (Å²) in [7, 11) is 0. The molecule has 0 bridgehead atoms. The van der Waals surface area contributed by atoms with Crippen LogP contribution in [0, 0.1) is 23.2 Å². The van der Waals surface area contributed by atoms with Gasteiger partial charge in [0.25, 0.3) is 11.1 Å². The van der Waals surface area contributed by atoms with Crippen molar-refractivity contribution in [2.45, 2.75) is 45.4 Å². The third kappa shape index (κ3) is 4.24. The molecule has 1 atom stereocenters. The van der Waals surface area contributed by atoms with Gasteiger partial charge >= 0.3 is 0 Å². The Morgan fingerprint density at radius 3 is 2.62 bits per heavy atom. The zero-order valence-electron chi connectivity index (χ0n) is 18.9. The van der Waals surface area contributed by atoms with Gasteiger partial charge in [-0.1, -0.05) is 36.3 Å². The van der Waals surface area contributed by atoms with Crippen LogP contribution in [-0.4, -0.2) is 43.8 Å². The molecule has 10 heteroatoms. The average Bonchev–Trinajstić information content (AvgIpc) is 3.23. The van der Waals surface area contributed by atoms with E-state index in [0.29, 0.717) is 24.6 Å². The summed E-state index contributed by atoms with van der Waals surface area (Å²) >= 11 is 0. The predicted octanol–water partition coefficient (Wildman–Crippen LogP) is 0.717. The van der Waals surface area contributed by atoms with Crippen molar-refractivity contribution in [1.82, 2.24) is 18.9 Å². The van der Waals surface area contributed by atoms with Gasteiger partial charge in [0, 0.05) is 24.7 Å². The minimum atomic E-state index is -0.609. The van der Waals surface area contributed by atoms with Gasteiger partial charge in [0.1, 0.15) is 18.6 Å². The van der Waals surface area contributed by atoms with E-state index in [0.717, 1.165) is 22.2 Å². The molecule has 1 fully saturated rings. The van der Waals surface area contributed by atoms with Crippen molar-refractivity contribution < 1.29 is 4.79 Å². The van der Waals surface area contributed by atoms with E-state index in [4.69, 9.17) is 5.73 Å². The number of anilines is 1. The number of piperidine rings is 1. The normalized spacial score (nSPS) is 15.6. The second-order valence-electron chi connectivity index (χ2n) is 8.14. The topological polar surface area (TPSA) is 132 Å². The van der Waals surface area contributed by atoms with Crippen molar-refractivity contribution >= 4 is 22.8 Å². The highest BCUT2D eigenvalue weighted by Gasteiger charge is 2.27. The smallest absolute Gasteiger partial charge is 0.294 e. The second kappa shape index (κ2) is 9.77. The van der Waals surface area contributed by atoms with Crippen LogP contribution in [0.2, 0.25) is 0 Å². The summed E-state index contributed by atoms with van der Waals surface area (Å²) in [5, 5.41) is 9.32. The summed E-state index contributed by atoms with van der Waals surface area (Å²) in [6.07, 6.45) is 1.74. The fraction of sp³-hybridized carbons (Fsp3) is 0.375. The maximum Gasteiger partial charge on any atom is 0.294 e. The standard InChI is InChI=1S/C24H25N7O3/c1-2-3-13-29-21-20(27-24(29)28-12-7-10-18(26)15-28)22(33)30(14-11-25)31(23(21)34)16-19(32)17-8-5-4-6-9-17/h4-6,8-9,18H,7,10,12-16,26H2,1H3. The van der Waals surface area contributed by atoms with Gasteiger partial charge in [-0.15, -0.1) is 5.92 Å². The number of nitrogens with two attached hydrogens (primary N) is 1. The summed E-state index contributed by atoms with van der Waals surface area (Å²) < 4.78 is 3.64. The zero-order valence-corrected chi connectivity index (χ0v) is 18.9. The number of benzene rings is 1. The fourth-order valence-electron chi connectivity index (χ4n) is 4.24. The third-order valence-corrected chi connectivity index (χ3v) is 5.88. The Labute approximate surface area is 195 Å². The minimum absolute atomic E-state index is 0.0456. The monoisotopic (exact) mass is 459 g/mol. The summed E-state index contributed by atoms with van der Waals surface area (Å²) in [4.78, 5) is 46.4. The van der Waals surface area contributed by atoms with Crippen molar-refractivity contribution in [3.8, 4) is 17.9 Å². The minimum Gasteiger partial charge on any atom is -0.341 e. The van der Waals surface area contributed by atoms with E-state index in [9.17, 15) is 19.6 Å². The van der Waals surface area contributed by atoms with Crippen molar-refractivity contribution in [2.75, 3.05) is 18.0 Å². The molecule has 3 heterocycles. The van der Waals surface area contributed by atoms with E-state index in [1.165, 1.54) is 0 Å². The molecule has 0 radical (unpaired) electrons. The summed E-state index contributed by atoms with van der Waals surface area (Å²) in [5.74, 6) is 5.85. The van der Waals surface area contributed by atoms with Gasteiger partial charge in [-0.25, -0.2) is 14.3 Å². The van der Waals surface area contributed by atoms with Crippen LogP contribution in [0.4, 0.5) is 5.95 Å². The first-order valence-corrected chi connectivity index (χ1v) is 11.1. The lowest BCUT2D eigenvalue weighted by Crippen LogP contribution is -2.44. The van der Waals surface area contributed by atoms with Gasteiger partial charge in [-0.2, -0.15) is 5.26 Å². The van der Waals surface area contributed by atoms with Gasteiger partial charge < -0.3 is 10.6 Å². The fourth-order valence-corrected chi connectivity index (χ4v) is 4.24. The van der Waals surface area contributed by atoms with E-state index in [1.54, 1.807) is 41.8 Å². The Balaban J connectivity index is 1.94. The molecule has 4 rings (SSSR count). The number of carbonyl (C=O) groups excluding carboxylic acids is 1. The number of fused-ring (bicyclic) bond motifs is 1. The molecule has 0 amide bonds. The Bertz CT molecular complexity index is 1450. The molecule has 174 valence electrons.